The Kier molecular flexibility index (Phi) is 4.52. The summed E-state index contributed by atoms with van der Waals surface area (Å²) in [6, 6.07) is 17.2. The highest BCUT2D eigenvalue weighted by Crippen LogP contribution is 2.35. The summed E-state index contributed by atoms with van der Waals surface area (Å²) in [7, 11) is 0. The van der Waals surface area contributed by atoms with Gasteiger partial charge in [0.05, 0.1) is 6.10 Å². The van der Waals surface area contributed by atoms with Gasteiger partial charge in [-0.3, -0.25) is 0 Å². The number of fused-ring (bicyclic) bond motifs is 1. The third-order valence-electron chi connectivity index (χ3n) is 4.20. The first-order valence-corrected chi connectivity index (χ1v) is 7.77. The Balaban J connectivity index is 1.35. The van der Waals surface area contributed by atoms with Crippen molar-refractivity contribution >= 4 is 6.08 Å². The highest BCUT2D eigenvalue weighted by atomic mass is 16.5. The van der Waals surface area contributed by atoms with Crippen LogP contribution in [0.3, 0.4) is 0 Å². The average molecular weight is 278 g/mol. The molecule has 0 radical (unpaired) electrons. The van der Waals surface area contributed by atoms with E-state index in [1.165, 1.54) is 28.7 Å². The fourth-order valence-electron chi connectivity index (χ4n) is 2.84. The van der Waals surface area contributed by atoms with Crippen LogP contribution in [0.5, 0.6) is 0 Å². The van der Waals surface area contributed by atoms with Crippen molar-refractivity contribution in [3.8, 4) is 0 Å². The highest BCUT2D eigenvalue weighted by molar-refractivity contribution is 5.47. The van der Waals surface area contributed by atoms with Gasteiger partial charge in [0.2, 0.25) is 0 Å². The second kappa shape index (κ2) is 6.73. The van der Waals surface area contributed by atoms with Crippen LogP contribution in [-0.2, 0) is 17.6 Å². The molecule has 0 saturated heterocycles. The van der Waals surface area contributed by atoms with Crippen LogP contribution in [0.4, 0.5) is 0 Å². The molecule has 0 heterocycles. The van der Waals surface area contributed by atoms with Crippen molar-refractivity contribution in [2.75, 3.05) is 6.61 Å². The lowest BCUT2D eigenvalue weighted by molar-refractivity contribution is 0.0348. The summed E-state index contributed by atoms with van der Waals surface area (Å²) in [6.07, 6.45) is 6.74. The number of benzene rings is 2. The van der Waals surface area contributed by atoms with Gasteiger partial charge in [0.25, 0.3) is 0 Å². The average Bonchev–Trinajstić information content (AvgIpc) is 2.51. The van der Waals surface area contributed by atoms with E-state index in [4.69, 9.17) is 4.74 Å². The summed E-state index contributed by atoms with van der Waals surface area (Å²) in [5, 5.41) is 0. The number of rotatable bonds is 7. The second-order valence-electron chi connectivity index (χ2n) is 5.67. The predicted molar refractivity (Wildman–Crippen MR) is 88.3 cm³/mol. The van der Waals surface area contributed by atoms with Crippen molar-refractivity contribution in [2.24, 2.45) is 0 Å². The van der Waals surface area contributed by atoms with Gasteiger partial charge in [0.15, 0.2) is 0 Å². The lowest BCUT2D eigenvalue weighted by Gasteiger charge is -2.29. The van der Waals surface area contributed by atoms with Gasteiger partial charge >= 0.3 is 0 Å². The minimum atomic E-state index is 0.341. The molecule has 1 atom stereocenters. The number of aryl methyl sites for hydroxylation is 1. The molecule has 0 fully saturated rings. The highest BCUT2D eigenvalue weighted by Gasteiger charge is 2.25. The molecule has 1 unspecified atom stereocenters. The van der Waals surface area contributed by atoms with Crippen molar-refractivity contribution in [3.63, 3.8) is 0 Å². The summed E-state index contributed by atoms with van der Waals surface area (Å²) in [5.74, 6) is 0. The maximum atomic E-state index is 5.97. The van der Waals surface area contributed by atoms with Crippen molar-refractivity contribution < 1.29 is 4.74 Å². The first kappa shape index (κ1) is 14.1. The van der Waals surface area contributed by atoms with Crippen LogP contribution in [0.1, 0.15) is 41.2 Å². The zero-order valence-corrected chi connectivity index (χ0v) is 12.4. The Morgan fingerprint density at radius 1 is 1.05 bits per heavy atom. The minimum Gasteiger partial charge on any atom is -0.373 e. The molecule has 0 N–H and O–H groups in total. The molecular weight excluding hydrogens is 256 g/mol. The molecule has 1 heteroatoms. The summed E-state index contributed by atoms with van der Waals surface area (Å²) >= 11 is 0. The van der Waals surface area contributed by atoms with E-state index in [0.29, 0.717) is 6.10 Å². The Morgan fingerprint density at radius 3 is 2.62 bits per heavy atom. The summed E-state index contributed by atoms with van der Waals surface area (Å²) in [6.45, 7) is 4.64. The Bertz CT molecular complexity index is 597. The molecule has 0 spiro atoms. The first-order valence-electron chi connectivity index (χ1n) is 7.77. The third kappa shape index (κ3) is 3.43. The number of hydrogen-bond donors (Lipinski definition) is 0. The van der Waals surface area contributed by atoms with E-state index in [-0.39, 0.29) is 0 Å². The maximum Gasteiger partial charge on any atom is 0.0868 e. The Labute approximate surface area is 127 Å². The van der Waals surface area contributed by atoms with E-state index >= 15 is 0 Å². The van der Waals surface area contributed by atoms with Gasteiger partial charge in [0, 0.05) is 13.0 Å². The smallest absolute Gasteiger partial charge is 0.0868 e. The largest absolute Gasteiger partial charge is 0.373 e. The molecule has 0 amide bonds. The fourth-order valence-corrected chi connectivity index (χ4v) is 2.84. The molecule has 0 aromatic heterocycles. The zero-order valence-electron chi connectivity index (χ0n) is 12.4. The second-order valence-corrected chi connectivity index (χ2v) is 5.67. The van der Waals surface area contributed by atoms with E-state index < -0.39 is 0 Å². The van der Waals surface area contributed by atoms with E-state index in [1.807, 2.05) is 6.08 Å². The third-order valence-corrected chi connectivity index (χ3v) is 4.20. The van der Waals surface area contributed by atoms with Gasteiger partial charge in [-0.25, -0.2) is 0 Å². The van der Waals surface area contributed by atoms with Crippen LogP contribution in [-0.4, -0.2) is 6.61 Å². The standard InChI is InChI=1S/C20H22O/c1-2-16-10-12-17(13-11-16)7-5-6-14-21-20-15-18-8-3-4-9-19(18)20/h2-4,8-13,20H,1,5-7,14-15H2. The number of unbranched alkanes of at least 4 members (excludes halogenated alkanes) is 1. The van der Waals surface area contributed by atoms with Gasteiger partial charge in [0.1, 0.15) is 0 Å². The van der Waals surface area contributed by atoms with E-state index in [0.717, 1.165) is 25.9 Å². The lowest BCUT2D eigenvalue weighted by Crippen LogP contribution is -2.20. The van der Waals surface area contributed by atoms with E-state index in [1.54, 1.807) is 0 Å². The van der Waals surface area contributed by atoms with Crippen LogP contribution in [0, 0.1) is 0 Å². The minimum absolute atomic E-state index is 0.341. The molecule has 0 aliphatic heterocycles. The summed E-state index contributed by atoms with van der Waals surface area (Å²) < 4.78 is 5.97. The topological polar surface area (TPSA) is 9.23 Å². The van der Waals surface area contributed by atoms with Gasteiger partial charge in [-0.05, 0) is 41.5 Å². The predicted octanol–water partition coefficient (Wildman–Crippen LogP) is 4.97. The molecule has 0 bridgehead atoms. The van der Waals surface area contributed by atoms with Crippen molar-refractivity contribution in [3.05, 3.63) is 77.4 Å². The molecule has 2 aromatic carbocycles. The van der Waals surface area contributed by atoms with Gasteiger partial charge in [-0.2, -0.15) is 0 Å². The maximum absolute atomic E-state index is 5.97. The normalized spacial score (nSPS) is 16.1. The van der Waals surface area contributed by atoms with Gasteiger partial charge in [-0.1, -0.05) is 61.2 Å². The molecule has 1 nitrogen and oxygen atoms in total. The molecule has 2 aromatic rings. The summed E-state index contributed by atoms with van der Waals surface area (Å²) in [4.78, 5) is 0. The van der Waals surface area contributed by atoms with Crippen molar-refractivity contribution in [1.82, 2.24) is 0 Å². The molecule has 108 valence electrons. The van der Waals surface area contributed by atoms with Crippen molar-refractivity contribution in [1.29, 1.82) is 0 Å². The van der Waals surface area contributed by atoms with Crippen LogP contribution < -0.4 is 0 Å². The van der Waals surface area contributed by atoms with Crippen LogP contribution in [0.15, 0.2) is 55.1 Å². The quantitative estimate of drug-likeness (QED) is 0.650. The van der Waals surface area contributed by atoms with Crippen LogP contribution in [0.25, 0.3) is 6.08 Å². The molecule has 3 rings (SSSR count). The zero-order chi connectivity index (χ0) is 14.5. The first-order chi connectivity index (χ1) is 10.4. The van der Waals surface area contributed by atoms with Crippen LogP contribution >= 0.6 is 0 Å². The lowest BCUT2D eigenvalue weighted by atomic mass is 9.85. The molecule has 1 aliphatic rings. The monoisotopic (exact) mass is 278 g/mol. The number of hydrogen-bond acceptors (Lipinski definition) is 1. The van der Waals surface area contributed by atoms with Gasteiger partial charge < -0.3 is 4.74 Å². The molecule has 0 saturated carbocycles. The SMILES string of the molecule is C=Cc1ccc(CCCCOC2Cc3ccccc32)cc1. The number of ether oxygens (including phenoxy) is 1. The van der Waals surface area contributed by atoms with Gasteiger partial charge in [-0.15, -0.1) is 0 Å². The van der Waals surface area contributed by atoms with Crippen LogP contribution in [0.2, 0.25) is 0 Å². The molecule has 1 aliphatic carbocycles. The summed E-state index contributed by atoms with van der Waals surface area (Å²) in [5.41, 5.74) is 5.42. The van der Waals surface area contributed by atoms with Crippen molar-refractivity contribution in [2.45, 2.75) is 31.8 Å². The Morgan fingerprint density at radius 2 is 1.86 bits per heavy atom. The molecule has 21 heavy (non-hydrogen) atoms. The fraction of sp³-hybridized carbons (Fsp3) is 0.300. The van der Waals surface area contributed by atoms with E-state index in [2.05, 4.69) is 55.1 Å². The Hall–Kier alpha value is -1.86. The molecular formula is C20H22O. The van der Waals surface area contributed by atoms with E-state index in [9.17, 15) is 0 Å².